The molecule has 0 spiro atoms. The average molecular weight is 294 g/mol. The fourth-order valence-corrected chi connectivity index (χ4v) is 2.65. The summed E-state index contributed by atoms with van der Waals surface area (Å²) in [7, 11) is 1.51. The molecule has 2 heterocycles. The van der Waals surface area contributed by atoms with E-state index in [1.165, 1.54) is 19.2 Å². The molecule has 1 fully saturated rings. The Kier molecular flexibility index (Phi) is 5.32. The molecule has 7 heteroatoms. The van der Waals surface area contributed by atoms with Gasteiger partial charge in [0.25, 0.3) is 0 Å². The standard InChI is InChI=1S/C14H22N4O3/c1-3-17(10-11-6-8-15-9-7-11)14-12(18(19)20)4-5-13(16-14)21-2/h4-5,11,15H,3,6-10H2,1-2H3. The van der Waals surface area contributed by atoms with E-state index in [2.05, 4.69) is 10.3 Å². The molecule has 0 bridgehead atoms. The predicted octanol–water partition coefficient (Wildman–Crippen LogP) is 1.82. The van der Waals surface area contributed by atoms with Crippen LogP contribution in [0.3, 0.4) is 0 Å². The first-order valence-electron chi connectivity index (χ1n) is 7.30. The number of nitrogens with one attached hydrogen (secondary N) is 1. The first kappa shape index (κ1) is 15.5. The minimum Gasteiger partial charge on any atom is -0.481 e. The number of hydrogen-bond donors (Lipinski definition) is 1. The Labute approximate surface area is 124 Å². The lowest BCUT2D eigenvalue weighted by molar-refractivity contribution is -0.384. The van der Waals surface area contributed by atoms with Crippen molar-refractivity contribution in [3.05, 3.63) is 22.2 Å². The number of hydrogen-bond acceptors (Lipinski definition) is 6. The first-order valence-corrected chi connectivity index (χ1v) is 7.30. The molecular weight excluding hydrogens is 272 g/mol. The first-order chi connectivity index (χ1) is 10.2. The quantitative estimate of drug-likeness (QED) is 0.637. The van der Waals surface area contributed by atoms with Crippen LogP contribution in [-0.2, 0) is 0 Å². The van der Waals surface area contributed by atoms with Crippen LogP contribution in [0.25, 0.3) is 0 Å². The number of piperidine rings is 1. The van der Waals surface area contributed by atoms with Crippen LogP contribution >= 0.6 is 0 Å². The van der Waals surface area contributed by atoms with Crippen LogP contribution in [0.2, 0.25) is 0 Å². The van der Waals surface area contributed by atoms with Crippen molar-refractivity contribution in [2.24, 2.45) is 5.92 Å². The third kappa shape index (κ3) is 3.81. The second kappa shape index (κ2) is 7.21. The molecule has 7 nitrogen and oxygen atoms in total. The van der Waals surface area contributed by atoms with Gasteiger partial charge in [-0.1, -0.05) is 0 Å². The number of pyridine rings is 1. The van der Waals surface area contributed by atoms with Gasteiger partial charge in [-0.05, 0) is 38.8 Å². The number of aromatic nitrogens is 1. The Hall–Kier alpha value is -1.89. The third-order valence-electron chi connectivity index (χ3n) is 3.85. The number of methoxy groups -OCH3 is 1. The highest BCUT2D eigenvalue weighted by molar-refractivity contribution is 5.59. The SMILES string of the molecule is CCN(CC1CCNCC1)c1nc(OC)ccc1[N+](=O)[O-]. The van der Waals surface area contributed by atoms with Gasteiger partial charge in [0.1, 0.15) is 0 Å². The maximum absolute atomic E-state index is 11.2. The van der Waals surface area contributed by atoms with Crippen molar-refractivity contribution in [2.75, 3.05) is 38.2 Å². The zero-order chi connectivity index (χ0) is 15.2. The molecule has 0 radical (unpaired) electrons. The summed E-state index contributed by atoms with van der Waals surface area (Å²) in [6.07, 6.45) is 2.18. The topological polar surface area (TPSA) is 80.5 Å². The van der Waals surface area contributed by atoms with Gasteiger partial charge in [-0.15, -0.1) is 0 Å². The highest BCUT2D eigenvalue weighted by atomic mass is 16.6. The Morgan fingerprint density at radius 2 is 2.19 bits per heavy atom. The molecule has 0 amide bonds. The molecule has 1 aliphatic heterocycles. The molecule has 0 atom stereocenters. The Bertz CT molecular complexity index is 489. The van der Waals surface area contributed by atoms with Crippen molar-refractivity contribution < 1.29 is 9.66 Å². The summed E-state index contributed by atoms with van der Waals surface area (Å²) in [5.41, 5.74) is 0.0339. The molecule has 0 aromatic carbocycles. The molecule has 1 N–H and O–H groups in total. The largest absolute Gasteiger partial charge is 0.481 e. The maximum atomic E-state index is 11.2. The second-order valence-electron chi connectivity index (χ2n) is 5.19. The van der Waals surface area contributed by atoms with Crippen LogP contribution in [0.5, 0.6) is 5.88 Å². The van der Waals surface area contributed by atoms with Crippen molar-refractivity contribution in [2.45, 2.75) is 19.8 Å². The number of ether oxygens (including phenoxy) is 1. The van der Waals surface area contributed by atoms with E-state index >= 15 is 0 Å². The van der Waals surface area contributed by atoms with Crippen LogP contribution in [-0.4, -0.2) is 43.2 Å². The normalized spacial score (nSPS) is 15.7. The number of anilines is 1. The minimum absolute atomic E-state index is 0.0339. The Morgan fingerprint density at radius 3 is 2.76 bits per heavy atom. The van der Waals surface area contributed by atoms with E-state index in [1.54, 1.807) is 0 Å². The number of nitro groups is 1. The highest BCUT2D eigenvalue weighted by Crippen LogP contribution is 2.29. The van der Waals surface area contributed by atoms with Gasteiger partial charge in [0.15, 0.2) is 0 Å². The zero-order valence-corrected chi connectivity index (χ0v) is 12.5. The molecule has 1 aromatic rings. The summed E-state index contributed by atoms with van der Waals surface area (Å²) < 4.78 is 5.10. The van der Waals surface area contributed by atoms with E-state index in [9.17, 15) is 10.1 Å². The van der Waals surface area contributed by atoms with E-state index in [0.29, 0.717) is 24.2 Å². The van der Waals surface area contributed by atoms with Crippen molar-refractivity contribution in [3.8, 4) is 5.88 Å². The predicted molar refractivity (Wildman–Crippen MR) is 80.9 cm³/mol. The van der Waals surface area contributed by atoms with Gasteiger partial charge in [0.2, 0.25) is 11.7 Å². The van der Waals surface area contributed by atoms with Crippen LogP contribution in [0.1, 0.15) is 19.8 Å². The smallest absolute Gasteiger partial charge is 0.311 e. The molecular formula is C14H22N4O3. The van der Waals surface area contributed by atoms with Gasteiger partial charge in [0, 0.05) is 25.2 Å². The molecule has 0 aliphatic carbocycles. The fraction of sp³-hybridized carbons (Fsp3) is 0.643. The Morgan fingerprint density at radius 1 is 1.48 bits per heavy atom. The lowest BCUT2D eigenvalue weighted by atomic mass is 9.97. The molecule has 0 saturated carbocycles. The van der Waals surface area contributed by atoms with E-state index in [-0.39, 0.29) is 10.6 Å². The lowest BCUT2D eigenvalue weighted by Crippen LogP contribution is -2.36. The van der Waals surface area contributed by atoms with Gasteiger partial charge < -0.3 is 15.0 Å². The molecule has 1 aliphatic rings. The molecule has 21 heavy (non-hydrogen) atoms. The van der Waals surface area contributed by atoms with E-state index < -0.39 is 0 Å². The van der Waals surface area contributed by atoms with E-state index in [4.69, 9.17) is 4.74 Å². The summed E-state index contributed by atoms with van der Waals surface area (Å²) in [5.74, 6) is 1.35. The van der Waals surface area contributed by atoms with Crippen LogP contribution in [0.15, 0.2) is 12.1 Å². The molecule has 1 saturated heterocycles. The van der Waals surface area contributed by atoms with Crippen molar-refractivity contribution in [3.63, 3.8) is 0 Å². The lowest BCUT2D eigenvalue weighted by Gasteiger charge is -2.29. The second-order valence-corrected chi connectivity index (χ2v) is 5.19. The van der Waals surface area contributed by atoms with Gasteiger partial charge in [-0.2, -0.15) is 4.98 Å². The maximum Gasteiger partial charge on any atom is 0.311 e. The van der Waals surface area contributed by atoms with Crippen LogP contribution in [0, 0.1) is 16.0 Å². The number of rotatable bonds is 6. The fourth-order valence-electron chi connectivity index (χ4n) is 2.65. The van der Waals surface area contributed by atoms with Crippen LogP contribution < -0.4 is 15.0 Å². The highest BCUT2D eigenvalue weighted by Gasteiger charge is 2.24. The average Bonchev–Trinajstić information content (AvgIpc) is 2.52. The van der Waals surface area contributed by atoms with Crippen LogP contribution in [0.4, 0.5) is 11.5 Å². The van der Waals surface area contributed by atoms with Gasteiger partial charge in [-0.25, -0.2) is 0 Å². The molecule has 2 rings (SSSR count). The summed E-state index contributed by atoms with van der Waals surface area (Å²) in [6.45, 7) is 5.49. The van der Waals surface area contributed by atoms with Crippen molar-refractivity contribution in [1.82, 2.24) is 10.3 Å². The van der Waals surface area contributed by atoms with Gasteiger partial charge in [0.05, 0.1) is 12.0 Å². The zero-order valence-electron chi connectivity index (χ0n) is 12.5. The van der Waals surface area contributed by atoms with Crippen molar-refractivity contribution in [1.29, 1.82) is 0 Å². The molecule has 116 valence electrons. The Balaban J connectivity index is 2.24. The van der Waals surface area contributed by atoms with Gasteiger partial charge in [-0.3, -0.25) is 10.1 Å². The number of nitrogens with zero attached hydrogens (tertiary/aromatic N) is 3. The minimum atomic E-state index is -0.382. The monoisotopic (exact) mass is 294 g/mol. The molecule has 1 aromatic heterocycles. The van der Waals surface area contributed by atoms with E-state index in [0.717, 1.165) is 32.5 Å². The third-order valence-corrected chi connectivity index (χ3v) is 3.85. The van der Waals surface area contributed by atoms with E-state index in [1.807, 2.05) is 11.8 Å². The van der Waals surface area contributed by atoms with Gasteiger partial charge >= 0.3 is 5.69 Å². The summed E-state index contributed by atoms with van der Waals surface area (Å²) >= 11 is 0. The summed E-state index contributed by atoms with van der Waals surface area (Å²) in [4.78, 5) is 17.1. The summed E-state index contributed by atoms with van der Waals surface area (Å²) in [6, 6.07) is 2.99. The molecule has 0 unspecified atom stereocenters. The van der Waals surface area contributed by atoms with Crippen molar-refractivity contribution >= 4 is 11.5 Å². The summed E-state index contributed by atoms with van der Waals surface area (Å²) in [5, 5.41) is 14.6.